The summed E-state index contributed by atoms with van der Waals surface area (Å²) in [6.07, 6.45) is 1.17. The topological polar surface area (TPSA) is 31.4 Å². The summed E-state index contributed by atoms with van der Waals surface area (Å²) in [5, 5.41) is 3.67. The third kappa shape index (κ3) is 8.45. The molecule has 0 saturated carbocycles. The van der Waals surface area contributed by atoms with Crippen molar-refractivity contribution < 1.29 is 13.2 Å². The third-order valence-electron chi connectivity index (χ3n) is 8.05. The number of aromatic nitrogens is 1. The fourth-order valence-electron chi connectivity index (χ4n) is 5.97. The van der Waals surface area contributed by atoms with Crippen molar-refractivity contribution in [3.63, 3.8) is 0 Å². The molecule has 0 aliphatic carbocycles. The van der Waals surface area contributed by atoms with Crippen LogP contribution in [0.25, 0.3) is 22.2 Å². The second-order valence-corrected chi connectivity index (χ2v) is 10.7. The smallest absolute Gasteiger partial charge is 0.250 e. The summed E-state index contributed by atoms with van der Waals surface area (Å²) in [6.45, 7) is 14.5. The van der Waals surface area contributed by atoms with Gasteiger partial charge in [-0.3, -0.25) is 0 Å². The molecule has 0 bridgehead atoms. The van der Waals surface area contributed by atoms with Crippen molar-refractivity contribution in [3.8, 4) is 11.3 Å². The van der Waals surface area contributed by atoms with E-state index in [0.29, 0.717) is 30.4 Å². The highest BCUT2D eigenvalue weighted by atomic mass is 19.3. The lowest BCUT2D eigenvalue weighted by molar-refractivity contribution is 0.146. The number of benzene rings is 2. The van der Waals surface area contributed by atoms with E-state index in [1.807, 2.05) is 40.7 Å². The highest BCUT2D eigenvalue weighted by Gasteiger charge is 2.36. The van der Waals surface area contributed by atoms with Crippen LogP contribution in [0.2, 0.25) is 0 Å². The van der Waals surface area contributed by atoms with Gasteiger partial charge in [-0.1, -0.05) is 58.9 Å². The number of nitrogens with zero attached hydrogens (tertiary/aromatic N) is 3. The van der Waals surface area contributed by atoms with Crippen LogP contribution in [0.1, 0.15) is 58.6 Å². The summed E-state index contributed by atoms with van der Waals surface area (Å²) < 4.78 is 39.5. The van der Waals surface area contributed by atoms with E-state index in [1.165, 1.54) is 12.0 Å². The SMILES string of the molecule is CC.CC.CCc1cc2nc(-c3ccc(CCCNCC(F)F)cc3)cc(N3CC4CCN(C)CC4C3)c2cc1F. The van der Waals surface area contributed by atoms with E-state index >= 15 is 0 Å². The zero-order valence-electron chi connectivity index (χ0n) is 25.8. The van der Waals surface area contributed by atoms with Crippen molar-refractivity contribution in [3.05, 3.63) is 59.4 Å². The Morgan fingerprint density at radius 1 is 0.976 bits per heavy atom. The Morgan fingerprint density at radius 3 is 2.37 bits per heavy atom. The molecule has 2 fully saturated rings. The first-order valence-electron chi connectivity index (χ1n) is 15.6. The normalized spacial score (nSPS) is 18.5. The fraction of sp³-hybridized carbons (Fsp3) is 0.559. The van der Waals surface area contributed by atoms with Gasteiger partial charge in [0, 0.05) is 36.3 Å². The first-order valence-corrected chi connectivity index (χ1v) is 15.6. The molecule has 0 radical (unpaired) electrons. The van der Waals surface area contributed by atoms with Crippen molar-refractivity contribution in [1.29, 1.82) is 0 Å². The summed E-state index contributed by atoms with van der Waals surface area (Å²) in [7, 11) is 2.20. The van der Waals surface area contributed by atoms with Crippen LogP contribution in [0.15, 0.2) is 42.5 Å². The Labute approximate surface area is 245 Å². The Bertz CT molecular complexity index is 1210. The number of nitrogens with one attached hydrogen (secondary N) is 1. The Morgan fingerprint density at radius 2 is 1.68 bits per heavy atom. The molecule has 5 rings (SSSR count). The first-order chi connectivity index (χ1) is 19.9. The molecule has 3 heterocycles. The number of piperidine rings is 1. The van der Waals surface area contributed by atoms with Gasteiger partial charge in [0.15, 0.2) is 0 Å². The van der Waals surface area contributed by atoms with Crippen LogP contribution < -0.4 is 10.2 Å². The number of likely N-dealkylation sites (tertiary alicyclic amines) is 1. The summed E-state index contributed by atoms with van der Waals surface area (Å²) in [5.41, 5.74) is 5.71. The largest absolute Gasteiger partial charge is 0.370 e. The van der Waals surface area contributed by atoms with E-state index in [1.54, 1.807) is 6.07 Å². The molecule has 4 nitrogen and oxygen atoms in total. The second-order valence-electron chi connectivity index (χ2n) is 10.7. The van der Waals surface area contributed by atoms with Gasteiger partial charge in [0.25, 0.3) is 6.43 Å². The lowest BCUT2D eigenvalue weighted by Gasteiger charge is -2.31. The number of hydrogen-bond donors (Lipinski definition) is 1. The van der Waals surface area contributed by atoms with Gasteiger partial charge in [0.05, 0.1) is 17.8 Å². The molecule has 7 heteroatoms. The van der Waals surface area contributed by atoms with Gasteiger partial charge in [0.1, 0.15) is 5.82 Å². The fourth-order valence-corrected chi connectivity index (χ4v) is 5.97. The summed E-state index contributed by atoms with van der Waals surface area (Å²) in [5.74, 6) is 1.16. The highest BCUT2D eigenvalue weighted by Crippen LogP contribution is 2.39. The molecule has 3 aromatic rings. The Balaban J connectivity index is 0.00000111. The monoisotopic (exact) mass is 570 g/mol. The van der Waals surface area contributed by atoms with Gasteiger partial charge in [0.2, 0.25) is 0 Å². The lowest BCUT2D eigenvalue weighted by Crippen LogP contribution is -2.37. The zero-order chi connectivity index (χ0) is 29.9. The Hall–Kier alpha value is -2.64. The predicted molar refractivity (Wildman–Crippen MR) is 168 cm³/mol. The van der Waals surface area contributed by atoms with Crippen LogP contribution in [0.4, 0.5) is 18.9 Å². The number of anilines is 1. The molecule has 2 unspecified atom stereocenters. The van der Waals surface area contributed by atoms with Crippen molar-refractivity contribution >= 4 is 16.6 Å². The first kappa shape index (κ1) is 32.9. The minimum absolute atomic E-state index is 0.158. The number of alkyl halides is 2. The molecule has 2 aliphatic heterocycles. The van der Waals surface area contributed by atoms with Gasteiger partial charge < -0.3 is 15.1 Å². The van der Waals surface area contributed by atoms with E-state index < -0.39 is 6.43 Å². The molecule has 1 N–H and O–H groups in total. The van der Waals surface area contributed by atoms with E-state index in [0.717, 1.165) is 66.9 Å². The average molecular weight is 571 g/mol. The number of pyridine rings is 1. The molecule has 2 atom stereocenters. The second kappa shape index (κ2) is 16.1. The molecule has 2 aromatic carbocycles. The third-order valence-corrected chi connectivity index (χ3v) is 8.05. The zero-order valence-corrected chi connectivity index (χ0v) is 25.8. The van der Waals surface area contributed by atoms with Crippen LogP contribution in [-0.4, -0.2) is 62.6 Å². The van der Waals surface area contributed by atoms with Crippen molar-refractivity contribution in [2.45, 2.75) is 66.7 Å². The summed E-state index contributed by atoms with van der Waals surface area (Å²) in [4.78, 5) is 9.85. The highest BCUT2D eigenvalue weighted by molar-refractivity contribution is 5.95. The van der Waals surface area contributed by atoms with Crippen molar-refractivity contribution in [1.82, 2.24) is 15.2 Å². The number of aryl methyl sites for hydroxylation is 2. The van der Waals surface area contributed by atoms with Gasteiger partial charge >= 0.3 is 0 Å². The molecule has 2 saturated heterocycles. The van der Waals surface area contributed by atoms with E-state index in [9.17, 15) is 13.2 Å². The molecule has 2 aliphatic rings. The maximum Gasteiger partial charge on any atom is 0.250 e. The minimum Gasteiger partial charge on any atom is -0.370 e. The molecule has 41 heavy (non-hydrogen) atoms. The number of fused-ring (bicyclic) bond motifs is 2. The van der Waals surface area contributed by atoms with Gasteiger partial charge in [-0.05, 0) is 87.0 Å². The van der Waals surface area contributed by atoms with Gasteiger partial charge in [-0.2, -0.15) is 0 Å². The van der Waals surface area contributed by atoms with Crippen molar-refractivity contribution in [2.75, 3.05) is 51.2 Å². The van der Waals surface area contributed by atoms with Crippen LogP contribution in [0, 0.1) is 17.7 Å². The molecule has 0 amide bonds. The maximum absolute atomic E-state index is 14.9. The molecule has 226 valence electrons. The summed E-state index contributed by atoms with van der Waals surface area (Å²) in [6, 6.07) is 14.1. The minimum atomic E-state index is -2.31. The maximum atomic E-state index is 14.9. The molecule has 1 aromatic heterocycles. The quantitative estimate of drug-likeness (QED) is 0.266. The van der Waals surface area contributed by atoms with Crippen LogP contribution in [-0.2, 0) is 12.8 Å². The van der Waals surface area contributed by atoms with Crippen LogP contribution in [0.5, 0.6) is 0 Å². The van der Waals surface area contributed by atoms with Crippen LogP contribution in [0.3, 0.4) is 0 Å². The van der Waals surface area contributed by atoms with Gasteiger partial charge in [-0.15, -0.1) is 0 Å². The van der Waals surface area contributed by atoms with Crippen LogP contribution >= 0.6 is 0 Å². The number of rotatable bonds is 9. The Kier molecular flexibility index (Phi) is 12.9. The van der Waals surface area contributed by atoms with Crippen molar-refractivity contribution in [2.24, 2.45) is 11.8 Å². The lowest BCUT2D eigenvalue weighted by atomic mass is 9.89. The number of hydrogen-bond acceptors (Lipinski definition) is 4. The predicted octanol–water partition coefficient (Wildman–Crippen LogP) is 7.83. The molecule has 0 spiro atoms. The molecular formula is C34H49F3N4. The van der Waals surface area contributed by atoms with E-state index in [-0.39, 0.29) is 12.4 Å². The van der Waals surface area contributed by atoms with E-state index in [2.05, 4.69) is 52.5 Å². The standard InChI is InChI=1S/C30H37F3N4.2C2H6/c1-3-21-13-28-25(14-26(21)31)29(37-18-23-10-12-36(2)17-24(23)19-37)15-27(35-28)22-8-6-20(7-9-22)5-4-11-34-16-30(32)33;2*1-2/h6-9,13-15,23-24,30,34H,3-5,10-12,16-19H2,1-2H3;2*1-2H3. The molecular weight excluding hydrogens is 521 g/mol. The average Bonchev–Trinajstić information content (AvgIpc) is 3.41. The van der Waals surface area contributed by atoms with E-state index in [4.69, 9.17) is 4.98 Å². The summed E-state index contributed by atoms with van der Waals surface area (Å²) >= 11 is 0. The number of halogens is 3. The van der Waals surface area contributed by atoms with Gasteiger partial charge in [-0.25, -0.2) is 18.2 Å².